The summed E-state index contributed by atoms with van der Waals surface area (Å²) in [5.41, 5.74) is 1.38. The van der Waals surface area contributed by atoms with Crippen molar-refractivity contribution in [3.05, 3.63) is 46.1 Å². The number of halogens is 3. The first-order valence-electron chi connectivity index (χ1n) is 5.64. The van der Waals surface area contributed by atoms with Gasteiger partial charge in [0.2, 0.25) is 0 Å². The minimum atomic E-state index is 0. The Morgan fingerprint density at radius 2 is 1.83 bits per heavy atom. The molecule has 1 fully saturated rings. The number of hydrogen-bond acceptors (Lipinski definition) is 2. The van der Waals surface area contributed by atoms with Gasteiger partial charge in [-0.15, -0.1) is 31.4 Å². The van der Waals surface area contributed by atoms with Crippen LogP contribution in [0.25, 0.3) is 0 Å². The summed E-state index contributed by atoms with van der Waals surface area (Å²) in [5.74, 6) is 0. The van der Waals surface area contributed by atoms with Crippen molar-refractivity contribution in [2.24, 2.45) is 0 Å². The molecule has 1 aliphatic heterocycles. The standard InChI is InChI=1S/C13H17IN2.2ClH/c1-2-13(16-9-7-15-8-10-16)11-5-3-4-6-12(11)14;;/h2-6,13,15H,1,7-10H2;2*1H/t13-;;/m0../s1. The maximum absolute atomic E-state index is 3.99. The van der Waals surface area contributed by atoms with E-state index in [9.17, 15) is 0 Å². The minimum absolute atomic E-state index is 0. The molecule has 0 amide bonds. The molecule has 0 radical (unpaired) electrons. The van der Waals surface area contributed by atoms with Crippen molar-refractivity contribution in [1.82, 2.24) is 10.2 Å². The van der Waals surface area contributed by atoms with Gasteiger partial charge in [0.1, 0.15) is 0 Å². The van der Waals surface area contributed by atoms with Gasteiger partial charge in [-0.3, -0.25) is 4.90 Å². The van der Waals surface area contributed by atoms with Crippen molar-refractivity contribution < 1.29 is 0 Å². The van der Waals surface area contributed by atoms with Crippen LogP contribution in [0.5, 0.6) is 0 Å². The molecule has 102 valence electrons. The SMILES string of the molecule is C=C[C@@H](c1ccccc1I)N1CCNCC1.Cl.Cl. The fraction of sp³-hybridized carbons (Fsp3) is 0.385. The lowest BCUT2D eigenvalue weighted by Crippen LogP contribution is -2.44. The predicted molar refractivity (Wildman–Crippen MR) is 91.0 cm³/mol. The molecule has 1 aliphatic rings. The molecule has 2 rings (SSSR count). The van der Waals surface area contributed by atoms with Crippen LogP contribution in [0.15, 0.2) is 36.9 Å². The largest absolute Gasteiger partial charge is 0.314 e. The average Bonchev–Trinajstić information content (AvgIpc) is 2.34. The van der Waals surface area contributed by atoms with Crippen molar-refractivity contribution in [3.63, 3.8) is 0 Å². The topological polar surface area (TPSA) is 15.3 Å². The summed E-state index contributed by atoms with van der Waals surface area (Å²) in [5, 5.41) is 3.38. The van der Waals surface area contributed by atoms with Crippen molar-refractivity contribution in [1.29, 1.82) is 0 Å². The highest BCUT2D eigenvalue weighted by atomic mass is 127. The molecule has 2 nitrogen and oxygen atoms in total. The van der Waals surface area contributed by atoms with Crippen LogP contribution in [0.2, 0.25) is 0 Å². The molecule has 0 aliphatic carbocycles. The lowest BCUT2D eigenvalue weighted by atomic mass is 10.0. The third kappa shape index (κ3) is 4.38. The third-order valence-electron chi connectivity index (χ3n) is 2.99. The molecule has 1 N–H and O–H groups in total. The molecule has 0 bridgehead atoms. The zero-order valence-electron chi connectivity index (χ0n) is 10.1. The quantitative estimate of drug-likeness (QED) is 0.618. The van der Waals surface area contributed by atoms with E-state index in [0.29, 0.717) is 6.04 Å². The Kier molecular flexibility index (Phi) is 9.25. The molecular formula is C13H19Cl2IN2. The number of piperazine rings is 1. The molecule has 0 spiro atoms. The van der Waals surface area contributed by atoms with E-state index < -0.39 is 0 Å². The van der Waals surface area contributed by atoms with Crippen LogP contribution >= 0.6 is 47.4 Å². The summed E-state index contributed by atoms with van der Waals surface area (Å²) in [6, 6.07) is 8.92. The van der Waals surface area contributed by atoms with Gasteiger partial charge in [-0.1, -0.05) is 24.3 Å². The Morgan fingerprint density at radius 3 is 2.39 bits per heavy atom. The molecule has 0 saturated carbocycles. The van der Waals surface area contributed by atoms with Crippen LogP contribution in [0.3, 0.4) is 0 Å². The van der Waals surface area contributed by atoms with E-state index in [1.165, 1.54) is 9.13 Å². The van der Waals surface area contributed by atoms with Gasteiger partial charge in [0.15, 0.2) is 0 Å². The van der Waals surface area contributed by atoms with E-state index in [1.54, 1.807) is 0 Å². The van der Waals surface area contributed by atoms with Crippen LogP contribution in [0.1, 0.15) is 11.6 Å². The first kappa shape index (κ1) is 18.2. The van der Waals surface area contributed by atoms with Crippen LogP contribution < -0.4 is 5.32 Å². The zero-order chi connectivity index (χ0) is 11.4. The van der Waals surface area contributed by atoms with Gasteiger partial charge in [0, 0.05) is 29.7 Å². The van der Waals surface area contributed by atoms with Gasteiger partial charge in [0.25, 0.3) is 0 Å². The molecule has 1 aromatic carbocycles. The summed E-state index contributed by atoms with van der Waals surface area (Å²) in [6.07, 6.45) is 2.06. The second-order valence-corrected chi connectivity index (χ2v) is 5.15. The number of nitrogens with one attached hydrogen (secondary N) is 1. The Labute approximate surface area is 135 Å². The molecule has 1 heterocycles. The predicted octanol–water partition coefficient (Wildman–Crippen LogP) is 3.27. The number of hydrogen-bond donors (Lipinski definition) is 1. The molecule has 18 heavy (non-hydrogen) atoms. The van der Waals surface area contributed by atoms with Gasteiger partial charge in [-0.05, 0) is 34.2 Å². The minimum Gasteiger partial charge on any atom is -0.314 e. The molecule has 5 heteroatoms. The highest BCUT2D eigenvalue weighted by Crippen LogP contribution is 2.26. The van der Waals surface area contributed by atoms with E-state index in [0.717, 1.165) is 26.2 Å². The van der Waals surface area contributed by atoms with Crippen molar-refractivity contribution in [3.8, 4) is 0 Å². The Morgan fingerprint density at radius 1 is 1.22 bits per heavy atom. The van der Waals surface area contributed by atoms with E-state index in [2.05, 4.69) is 69.7 Å². The van der Waals surface area contributed by atoms with Gasteiger partial charge in [-0.25, -0.2) is 0 Å². The van der Waals surface area contributed by atoms with Crippen LogP contribution in [-0.2, 0) is 0 Å². The first-order valence-corrected chi connectivity index (χ1v) is 6.72. The van der Waals surface area contributed by atoms with Gasteiger partial charge in [-0.2, -0.15) is 0 Å². The lowest BCUT2D eigenvalue weighted by molar-refractivity contribution is 0.203. The van der Waals surface area contributed by atoms with Crippen LogP contribution in [0, 0.1) is 3.57 Å². The fourth-order valence-electron chi connectivity index (χ4n) is 2.15. The Balaban J connectivity index is 0.00000144. The van der Waals surface area contributed by atoms with Crippen molar-refractivity contribution in [2.45, 2.75) is 6.04 Å². The summed E-state index contributed by atoms with van der Waals surface area (Å²) in [7, 11) is 0. The molecule has 1 atom stereocenters. The van der Waals surface area contributed by atoms with Crippen molar-refractivity contribution in [2.75, 3.05) is 26.2 Å². The van der Waals surface area contributed by atoms with E-state index >= 15 is 0 Å². The highest BCUT2D eigenvalue weighted by molar-refractivity contribution is 14.1. The lowest BCUT2D eigenvalue weighted by Gasteiger charge is -2.33. The summed E-state index contributed by atoms with van der Waals surface area (Å²) in [6.45, 7) is 8.34. The van der Waals surface area contributed by atoms with E-state index in [-0.39, 0.29) is 24.8 Å². The zero-order valence-corrected chi connectivity index (χ0v) is 13.9. The average molecular weight is 401 g/mol. The fourth-order valence-corrected chi connectivity index (χ4v) is 2.85. The number of rotatable bonds is 3. The molecule has 0 aromatic heterocycles. The molecule has 0 unspecified atom stereocenters. The molecular weight excluding hydrogens is 382 g/mol. The number of nitrogens with zero attached hydrogens (tertiary/aromatic N) is 1. The van der Waals surface area contributed by atoms with Crippen LogP contribution in [0.4, 0.5) is 0 Å². The summed E-state index contributed by atoms with van der Waals surface area (Å²) in [4.78, 5) is 2.49. The smallest absolute Gasteiger partial charge is 0.0540 e. The Hall–Kier alpha value is 0.190. The number of benzene rings is 1. The molecule has 1 saturated heterocycles. The normalized spacial score (nSPS) is 17.2. The second kappa shape index (κ2) is 9.15. The maximum atomic E-state index is 3.99. The molecule has 1 aromatic rings. The first-order chi connectivity index (χ1) is 7.83. The van der Waals surface area contributed by atoms with E-state index in [4.69, 9.17) is 0 Å². The summed E-state index contributed by atoms with van der Waals surface area (Å²) >= 11 is 2.40. The van der Waals surface area contributed by atoms with Gasteiger partial charge >= 0.3 is 0 Å². The monoisotopic (exact) mass is 400 g/mol. The van der Waals surface area contributed by atoms with Gasteiger partial charge < -0.3 is 5.32 Å². The summed E-state index contributed by atoms with van der Waals surface area (Å²) < 4.78 is 1.32. The third-order valence-corrected chi connectivity index (χ3v) is 3.97. The van der Waals surface area contributed by atoms with E-state index in [1.807, 2.05) is 0 Å². The van der Waals surface area contributed by atoms with Crippen LogP contribution in [-0.4, -0.2) is 31.1 Å². The Bertz CT molecular complexity index is 368. The highest BCUT2D eigenvalue weighted by Gasteiger charge is 2.20. The second-order valence-electron chi connectivity index (χ2n) is 3.99. The van der Waals surface area contributed by atoms with Crippen molar-refractivity contribution >= 4 is 47.4 Å². The maximum Gasteiger partial charge on any atom is 0.0540 e. The van der Waals surface area contributed by atoms with Gasteiger partial charge in [0.05, 0.1) is 6.04 Å².